The van der Waals surface area contributed by atoms with Crippen LogP contribution in [0.3, 0.4) is 0 Å². The average Bonchev–Trinajstić information content (AvgIpc) is 2.54. The minimum atomic E-state index is -1.78. The molecule has 0 amide bonds. The molecule has 2 aliphatic carbocycles. The van der Waals surface area contributed by atoms with Crippen molar-refractivity contribution in [3.63, 3.8) is 0 Å². The molecule has 0 aromatic rings. The van der Waals surface area contributed by atoms with Crippen molar-refractivity contribution in [1.29, 1.82) is 0 Å². The van der Waals surface area contributed by atoms with Crippen molar-refractivity contribution >= 4 is 0 Å². The summed E-state index contributed by atoms with van der Waals surface area (Å²) in [6.07, 6.45) is -0.325. The Morgan fingerprint density at radius 3 is 2.30 bits per heavy atom. The van der Waals surface area contributed by atoms with Crippen LogP contribution in [0.4, 0.5) is 13.2 Å². The van der Waals surface area contributed by atoms with Gasteiger partial charge in [0, 0.05) is 19.1 Å². The van der Waals surface area contributed by atoms with Crippen molar-refractivity contribution in [3.05, 3.63) is 0 Å². The minimum Gasteiger partial charge on any atom is -0.375 e. The minimum absolute atomic E-state index is 0.135. The molecule has 7 unspecified atom stereocenters. The van der Waals surface area contributed by atoms with E-state index >= 15 is 0 Å². The number of rotatable bonds is 8. The Balaban J connectivity index is 1.88. The van der Waals surface area contributed by atoms with Gasteiger partial charge >= 0.3 is 0 Å². The fourth-order valence-electron chi connectivity index (χ4n) is 4.11. The van der Waals surface area contributed by atoms with Crippen molar-refractivity contribution in [1.82, 2.24) is 0 Å². The molecule has 136 valence electrons. The largest absolute Gasteiger partial charge is 0.375 e. The summed E-state index contributed by atoms with van der Waals surface area (Å²) in [5.74, 6) is -1.01. The summed E-state index contributed by atoms with van der Waals surface area (Å²) in [6.45, 7) is 4.80. The number of halogens is 3. The molecule has 0 aromatic heterocycles. The van der Waals surface area contributed by atoms with Crippen LogP contribution in [0.2, 0.25) is 0 Å². The summed E-state index contributed by atoms with van der Waals surface area (Å²) < 4.78 is 54.4. The Kier molecular flexibility index (Phi) is 7.67. The molecule has 2 fully saturated rings. The first-order valence-corrected chi connectivity index (χ1v) is 9.25. The summed E-state index contributed by atoms with van der Waals surface area (Å²) in [5, 5.41) is 0. The molecular weight excluding hydrogens is 305 g/mol. The lowest BCUT2D eigenvalue weighted by atomic mass is 9.66. The van der Waals surface area contributed by atoms with E-state index in [1.165, 1.54) is 0 Å². The number of alkyl halides is 3. The SMILES string of the molecule is CCCCCCOC1CC2CCC(OCC)C(F)C2C(F)C1F. The smallest absolute Gasteiger partial charge is 0.157 e. The van der Waals surface area contributed by atoms with Gasteiger partial charge in [-0.2, -0.15) is 0 Å². The summed E-state index contributed by atoms with van der Waals surface area (Å²) in [6, 6.07) is 0. The molecule has 0 heterocycles. The molecule has 0 saturated heterocycles. The quantitative estimate of drug-likeness (QED) is 0.593. The van der Waals surface area contributed by atoms with Crippen molar-refractivity contribution < 1.29 is 22.6 Å². The van der Waals surface area contributed by atoms with Gasteiger partial charge in [0.1, 0.15) is 12.3 Å². The molecule has 5 heteroatoms. The Bertz CT molecular complexity index is 340. The highest BCUT2D eigenvalue weighted by Crippen LogP contribution is 2.46. The van der Waals surface area contributed by atoms with Crippen LogP contribution in [-0.2, 0) is 9.47 Å². The summed E-state index contributed by atoms with van der Waals surface area (Å²) >= 11 is 0. The predicted molar refractivity (Wildman–Crippen MR) is 84.8 cm³/mol. The van der Waals surface area contributed by atoms with Crippen LogP contribution in [0.1, 0.15) is 58.8 Å². The van der Waals surface area contributed by atoms with Crippen LogP contribution in [0.15, 0.2) is 0 Å². The average molecular weight is 336 g/mol. The zero-order valence-electron chi connectivity index (χ0n) is 14.4. The van der Waals surface area contributed by atoms with Crippen molar-refractivity contribution in [3.8, 4) is 0 Å². The Hall–Kier alpha value is -0.290. The van der Waals surface area contributed by atoms with Gasteiger partial charge in [0.15, 0.2) is 6.17 Å². The topological polar surface area (TPSA) is 18.5 Å². The predicted octanol–water partition coefficient (Wildman–Crippen LogP) is 4.80. The van der Waals surface area contributed by atoms with Gasteiger partial charge in [0.25, 0.3) is 0 Å². The monoisotopic (exact) mass is 336 g/mol. The Labute approximate surface area is 138 Å². The van der Waals surface area contributed by atoms with Crippen LogP contribution in [0.25, 0.3) is 0 Å². The van der Waals surface area contributed by atoms with E-state index in [0.29, 0.717) is 32.5 Å². The highest BCUT2D eigenvalue weighted by molar-refractivity contribution is 5.01. The molecule has 0 N–H and O–H groups in total. The number of hydrogen-bond donors (Lipinski definition) is 0. The van der Waals surface area contributed by atoms with Crippen molar-refractivity contribution in [2.75, 3.05) is 13.2 Å². The normalized spacial score (nSPS) is 40.8. The Morgan fingerprint density at radius 2 is 1.61 bits per heavy atom. The molecular formula is C18H31F3O2. The van der Waals surface area contributed by atoms with E-state index in [2.05, 4.69) is 6.92 Å². The highest BCUT2D eigenvalue weighted by atomic mass is 19.2. The first-order valence-electron chi connectivity index (χ1n) is 9.25. The number of unbranched alkanes of at least 4 members (excludes halogenated alkanes) is 3. The molecule has 0 radical (unpaired) electrons. The maximum absolute atomic E-state index is 14.5. The third-order valence-corrected chi connectivity index (χ3v) is 5.36. The lowest BCUT2D eigenvalue weighted by Gasteiger charge is -2.46. The molecule has 0 spiro atoms. The maximum atomic E-state index is 14.5. The summed E-state index contributed by atoms with van der Waals surface area (Å²) in [4.78, 5) is 0. The molecule has 0 aliphatic heterocycles. The van der Waals surface area contributed by atoms with Crippen molar-refractivity contribution in [2.45, 2.75) is 89.5 Å². The van der Waals surface area contributed by atoms with Gasteiger partial charge in [-0.3, -0.25) is 0 Å². The molecule has 0 aromatic carbocycles. The fraction of sp³-hybridized carbons (Fsp3) is 1.00. The number of ether oxygens (including phenoxy) is 2. The van der Waals surface area contributed by atoms with Gasteiger partial charge in [0.05, 0.1) is 12.2 Å². The van der Waals surface area contributed by atoms with Gasteiger partial charge in [-0.05, 0) is 38.5 Å². The first-order chi connectivity index (χ1) is 11.1. The van der Waals surface area contributed by atoms with Crippen LogP contribution in [0.5, 0.6) is 0 Å². The lowest BCUT2D eigenvalue weighted by molar-refractivity contribution is -0.150. The van der Waals surface area contributed by atoms with Crippen LogP contribution >= 0.6 is 0 Å². The van der Waals surface area contributed by atoms with Gasteiger partial charge in [-0.25, -0.2) is 13.2 Å². The highest BCUT2D eigenvalue weighted by Gasteiger charge is 2.53. The first kappa shape index (κ1) is 19.0. The Morgan fingerprint density at radius 1 is 0.826 bits per heavy atom. The lowest BCUT2D eigenvalue weighted by Crippen LogP contribution is -2.55. The van der Waals surface area contributed by atoms with E-state index in [-0.39, 0.29) is 5.92 Å². The summed E-state index contributed by atoms with van der Waals surface area (Å²) in [5.41, 5.74) is 0. The van der Waals surface area contributed by atoms with Gasteiger partial charge in [-0.1, -0.05) is 26.2 Å². The van der Waals surface area contributed by atoms with Gasteiger partial charge in [0.2, 0.25) is 0 Å². The fourth-order valence-corrected chi connectivity index (χ4v) is 4.11. The molecule has 2 nitrogen and oxygen atoms in total. The molecule has 2 saturated carbocycles. The van der Waals surface area contributed by atoms with E-state index in [0.717, 1.165) is 25.7 Å². The molecule has 0 bridgehead atoms. The van der Waals surface area contributed by atoms with E-state index in [9.17, 15) is 13.2 Å². The maximum Gasteiger partial charge on any atom is 0.157 e. The van der Waals surface area contributed by atoms with Crippen LogP contribution in [0, 0.1) is 11.8 Å². The molecule has 2 rings (SSSR count). The second kappa shape index (κ2) is 9.26. The number of hydrogen-bond acceptors (Lipinski definition) is 2. The van der Waals surface area contributed by atoms with E-state index in [4.69, 9.17) is 9.47 Å². The molecule has 23 heavy (non-hydrogen) atoms. The van der Waals surface area contributed by atoms with Crippen LogP contribution < -0.4 is 0 Å². The zero-order valence-corrected chi connectivity index (χ0v) is 14.4. The zero-order chi connectivity index (χ0) is 16.8. The van der Waals surface area contributed by atoms with E-state index in [1.54, 1.807) is 6.92 Å². The van der Waals surface area contributed by atoms with Crippen LogP contribution in [-0.4, -0.2) is 43.9 Å². The van der Waals surface area contributed by atoms with E-state index < -0.39 is 36.6 Å². The standard InChI is InChI=1S/C18H31F3O2/c1-3-5-6-7-10-23-14-11-12-8-9-13(22-4-2)16(19)15(12)18(21)17(14)20/h12-18H,3-11H2,1-2H3. The second-order valence-corrected chi connectivity index (χ2v) is 6.95. The number of fused-ring (bicyclic) bond motifs is 1. The summed E-state index contributed by atoms with van der Waals surface area (Å²) in [7, 11) is 0. The second-order valence-electron chi connectivity index (χ2n) is 6.95. The van der Waals surface area contributed by atoms with Gasteiger partial charge < -0.3 is 9.47 Å². The van der Waals surface area contributed by atoms with Crippen molar-refractivity contribution in [2.24, 2.45) is 11.8 Å². The molecule has 7 atom stereocenters. The third-order valence-electron chi connectivity index (χ3n) is 5.36. The third kappa shape index (κ3) is 4.62. The van der Waals surface area contributed by atoms with E-state index in [1.807, 2.05) is 0 Å². The van der Waals surface area contributed by atoms with Gasteiger partial charge in [-0.15, -0.1) is 0 Å². The molecule has 2 aliphatic rings.